The predicted molar refractivity (Wildman–Crippen MR) is 155 cm³/mol. The molecule has 5 N–H and O–H groups in total. The first-order chi connectivity index (χ1) is 21.3. The zero-order valence-corrected chi connectivity index (χ0v) is 24.8. The van der Waals surface area contributed by atoms with E-state index in [9.17, 15) is 27.2 Å². The maximum atomic E-state index is 16.6. The van der Waals surface area contributed by atoms with Crippen molar-refractivity contribution >= 4 is 23.3 Å². The fourth-order valence-corrected chi connectivity index (χ4v) is 4.81. The second-order valence-electron chi connectivity index (χ2n) is 10.2. The van der Waals surface area contributed by atoms with E-state index in [1.807, 2.05) is 0 Å². The van der Waals surface area contributed by atoms with Crippen molar-refractivity contribution in [1.82, 2.24) is 20.6 Å². The van der Waals surface area contributed by atoms with Crippen LogP contribution in [0.2, 0.25) is 0 Å². The number of nitrogen functional groups attached to an aromatic ring is 1. The van der Waals surface area contributed by atoms with Gasteiger partial charge in [0.05, 0.1) is 36.7 Å². The Morgan fingerprint density at radius 3 is 2.67 bits per heavy atom. The Bertz CT molecular complexity index is 1660. The van der Waals surface area contributed by atoms with Crippen LogP contribution < -0.4 is 26.4 Å². The van der Waals surface area contributed by atoms with E-state index in [0.29, 0.717) is 24.7 Å². The van der Waals surface area contributed by atoms with Crippen molar-refractivity contribution in [3.63, 3.8) is 0 Å². The van der Waals surface area contributed by atoms with Gasteiger partial charge in [0.2, 0.25) is 5.88 Å². The highest BCUT2D eigenvalue weighted by molar-refractivity contribution is 6.03. The smallest absolute Gasteiger partial charge is 0.417 e. The van der Waals surface area contributed by atoms with Crippen molar-refractivity contribution in [3.05, 3.63) is 75.8 Å². The molecule has 1 amide bonds. The molecule has 3 heterocycles. The number of anilines is 2. The Morgan fingerprint density at radius 1 is 1.27 bits per heavy atom. The zero-order chi connectivity index (χ0) is 33.1. The van der Waals surface area contributed by atoms with Gasteiger partial charge in [0.25, 0.3) is 5.91 Å². The molecule has 240 valence electrons. The number of halogens is 5. The summed E-state index contributed by atoms with van der Waals surface area (Å²) >= 11 is 0. The summed E-state index contributed by atoms with van der Waals surface area (Å²) in [5.74, 6) is -4.82. The summed E-state index contributed by atoms with van der Waals surface area (Å²) in [6, 6.07) is 3.63. The summed E-state index contributed by atoms with van der Waals surface area (Å²) in [5, 5.41) is 8.53. The molecule has 10 nitrogen and oxygen atoms in total. The van der Waals surface area contributed by atoms with E-state index in [1.54, 1.807) is 19.9 Å². The van der Waals surface area contributed by atoms with Gasteiger partial charge in [-0.25, -0.2) is 23.5 Å². The highest BCUT2D eigenvalue weighted by atomic mass is 19.4. The second kappa shape index (κ2) is 13.4. The number of aromatic nitrogens is 2. The van der Waals surface area contributed by atoms with Gasteiger partial charge in [0, 0.05) is 42.5 Å². The highest BCUT2D eigenvalue weighted by Crippen LogP contribution is 2.44. The van der Waals surface area contributed by atoms with E-state index < -0.39 is 81.0 Å². The summed E-state index contributed by atoms with van der Waals surface area (Å²) in [6.07, 6.45) is -2.34. The number of amides is 1. The summed E-state index contributed by atoms with van der Waals surface area (Å²) in [6.45, 7) is 4.36. The number of nitrogens with zero attached hydrogens (tertiary/aromatic N) is 2. The molecule has 0 aliphatic carbocycles. The third-order valence-electron chi connectivity index (χ3n) is 7.13. The van der Waals surface area contributed by atoms with E-state index in [2.05, 4.69) is 25.9 Å². The molecule has 45 heavy (non-hydrogen) atoms. The number of ether oxygens (including phenoxy) is 2. The average molecular weight is 635 g/mol. The van der Waals surface area contributed by atoms with Crippen LogP contribution in [0.25, 0.3) is 11.3 Å². The largest absolute Gasteiger partial charge is 0.474 e. The number of pyridine rings is 2. The number of allylic oxidation sites excluding steroid dienone is 1. The number of nitrogens with two attached hydrogens (primary N) is 1. The minimum atomic E-state index is -5.14. The van der Waals surface area contributed by atoms with E-state index in [0.717, 1.165) is 14.0 Å². The molecular formula is C30H31F5N6O4. The van der Waals surface area contributed by atoms with Gasteiger partial charge in [-0.15, -0.1) is 0 Å². The highest BCUT2D eigenvalue weighted by Gasteiger charge is 2.40. The molecule has 1 aromatic carbocycles. The van der Waals surface area contributed by atoms with Crippen molar-refractivity contribution in [2.45, 2.75) is 46.0 Å². The Hall–Kier alpha value is -4.95. The number of rotatable bonds is 5. The monoisotopic (exact) mass is 634 g/mol. The molecule has 3 aromatic rings. The lowest BCUT2D eigenvalue weighted by atomic mass is 9.95. The van der Waals surface area contributed by atoms with Gasteiger partial charge < -0.3 is 31.2 Å². The van der Waals surface area contributed by atoms with Gasteiger partial charge >= 0.3 is 12.1 Å². The number of nitrogens with one attached hydrogen (secondary N) is 3. The van der Waals surface area contributed by atoms with Crippen LogP contribution in [0, 0.1) is 18.6 Å². The van der Waals surface area contributed by atoms with Crippen LogP contribution in [0.3, 0.4) is 0 Å². The van der Waals surface area contributed by atoms with Crippen LogP contribution in [0.5, 0.6) is 5.88 Å². The lowest BCUT2D eigenvalue weighted by Gasteiger charge is -2.23. The Labute approximate surface area is 255 Å². The number of hydrogen-bond donors (Lipinski definition) is 4. The molecule has 0 unspecified atom stereocenters. The van der Waals surface area contributed by atoms with E-state index in [4.69, 9.17) is 15.2 Å². The number of esters is 1. The maximum Gasteiger partial charge on any atom is 0.417 e. The van der Waals surface area contributed by atoms with E-state index in [-0.39, 0.29) is 24.3 Å². The van der Waals surface area contributed by atoms with Gasteiger partial charge in [0.1, 0.15) is 17.1 Å². The number of hydrogen-bond acceptors (Lipinski definition) is 9. The van der Waals surface area contributed by atoms with Gasteiger partial charge in [-0.1, -0.05) is 12.1 Å². The number of alkyl halides is 3. The van der Waals surface area contributed by atoms with Crippen molar-refractivity contribution in [2.75, 3.05) is 31.2 Å². The first-order valence-electron chi connectivity index (χ1n) is 13.8. The normalized spacial score (nSPS) is 16.5. The molecule has 1 atom stereocenters. The van der Waals surface area contributed by atoms with Crippen LogP contribution in [0.15, 0.2) is 36.2 Å². The van der Waals surface area contributed by atoms with Crippen LogP contribution in [-0.2, 0) is 17.5 Å². The second-order valence-corrected chi connectivity index (χ2v) is 10.2. The van der Waals surface area contributed by atoms with Gasteiger partial charge in [0.15, 0.2) is 11.5 Å². The maximum absolute atomic E-state index is 16.6. The minimum absolute atomic E-state index is 0.00692. The first-order valence-corrected chi connectivity index (χ1v) is 13.8. The molecule has 2 aromatic heterocycles. The SMILES string of the molecule is C/C=C1/CNC(=O)c2c(nc(-c3cc(N)c(F)c(C)c3C(F)(F)F)c(F)c2NCc2cccnc2C(=O)OC)O[C@@H](C)CCN1. The van der Waals surface area contributed by atoms with Crippen LogP contribution in [0.1, 0.15) is 57.8 Å². The number of carbonyl (C=O) groups is 2. The summed E-state index contributed by atoms with van der Waals surface area (Å²) < 4.78 is 84.9. The summed E-state index contributed by atoms with van der Waals surface area (Å²) in [7, 11) is 1.14. The molecule has 0 spiro atoms. The number of methoxy groups -OCH3 is 1. The molecular weight excluding hydrogens is 603 g/mol. The molecule has 0 saturated carbocycles. The van der Waals surface area contributed by atoms with Gasteiger partial charge in [-0.3, -0.25) is 4.79 Å². The zero-order valence-electron chi connectivity index (χ0n) is 24.8. The lowest BCUT2D eigenvalue weighted by molar-refractivity contribution is -0.137. The molecule has 0 radical (unpaired) electrons. The van der Waals surface area contributed by atoms with Crippen LogP contribution in [-0.4, -0.2) is 48.1 Å². The number of benzene rings is 1. The minimum Gasteiger partial charge on any atom is -0.474 e. The van der Waals surface area contributed by atoms with E-state index in [1.165, 1.54) is 18.3 Å². The summed E-state index contributed by atoms with van der Waals surface area (Å²) in [5.41, 5.74) is 0.660. The quantitative estimate of drug-likeness (QED) is 0.171. The summed E-state index contributed by atoms with van der Waals surface area (Å²) in [4.78, 5) is 34.0. The number of carbonyl (C=O) groups excluding carboxylic acids is 2. The lowest BCUT2D eigenvalue weighted by Crippen LogP contribution is -2.31. The standard InChI is InChI=1S/C30H31F5N6O4/c1-5-17-13-40-27(42)20-26(39-12-16-7-6-9-38-24(16)29(43)44-4)23(32)25(41-28(20)45-14(2)8-10-37-17)18-11-19(36)22(31)15(3)21(18)30(33,34)35/h5-7,9,11,14,37H,8,10,12-13,36H2,1-4H3,(H,39,41)(H,40,42)/b17-5-/t14-/m0/s1. The molecule has 0 bridgehead atoms. The Kier molecular flexibility index (Phi) is 9.78. The van der Waals surface area contributed by atoms with Crippen molar-refractivity contribution in [1.29, 1.82) is 0 Å². The van der Waals surface area contributed by atoms with Crippen molar-refractivity contribution < 1.29 is 41.0 Å². The van der Waals surface area contributed by atoms with Crippen LogP contribution in [0.4, 0.5) is 33.3 Å². The molecule has 4 rings (SSSR count). The average Bonchev–Trinajstić information content (AvgIpc) is 3.02. The van der Waals surface area contributed by atoms with Crippen molar-refractivity contribution in [2.24, 2.45) is 0 Å². The van der Waals surface area contributed by atoms with Crippen LogP contribution >= 0.6 is 0 Å². The first kappa shape index (κ1) is 33.0. The third kappa shape index (κ3) is 6.91. The Balaban J connectivity index is 2.01. The number of fused-ring (bicyclic) bond motifs is 1. The van der Waals surface area contributed by atoms with Crippen molar-refractivity contribution in [3.8, 4) is 17.1 Å². The van der Waals surface area contributed by atoms with Gasteiger partial charge in [-0.05, 0) is 38.5 Å². The fraction of sp³-hybridized carbons (Fsp3) is 0.333. The van der Waals surface area contributed by atoms with Gasteiger partial charge in [-0.2, -0.15) is 13.2 Å². The predicted octanol–water partition coefficient (Wildman–Crippen LogP) is 5.12. The molecule has 0 fully saturated rings. The molecule has 0 saturated heterocycles. The Morgan fingerprint density at radius 2 is 2.00 bits per heavy atom. The molecule has 1 aliphatic heterocycles. The van der Waals surface area contributed by atoms with E-state index >= 15 is 4.39 Å². The molecule has 1 aliphatic rings. The molecule has 15 heteroatoms. The topological polar surface area (TPSA) is 140 Å². The fourth-order valence-electron chi connectivity index (χ4n) is 4.81. The third-order valence-corrected chi connectivity index (χ3v) is 7.13.